The summed E-state index contributed by atoms with van der Waals surface area (Å²) in [6.07, 6.45) is 1.75. The van der Waals surface area contributed by atoms with Gasteiger partial charge in [0.1, 0.15) is 11.6 Å². The zero-order valence-electron chi connectivity index (χ0n) is 9.23. The Morgan fingerprint density at radius 1 is 1.44 bits per heavy atom. The molecule has 0 bridgehead atoms. The minimum Gasteiger partial charge on any atom is -0.382 e. The lowest BCUT2D eigenvalue weighted by Crippen LogP contribution is -2.02. The number of nitrogens with zero attached hydrogens (tertiary/aromatic N) is 3. The van der Waals surface area contributed by atoms with E-state index in [1.54, 1.807) is 6.20 Å². The number of fused-ring (bicyclic) bond motifs is 1. The van der Waals surface area contributed by atoms with Crippen molar-refractivity contribution in [1.29, 1.82) is 5.26 Å². The molecule has 0 radical (unpaired) electrons. The molecule has 0 atom stereocenters. The molecule has 0 aliphatic carbocycles. The molecule has 0 aliphatic heterocycles. The van der Waals surface area contributed by atoms with Crippen LogP contribution in [-0.4, -0.2) is 29.0 Å². The summed E-state index contributed by atoms with van der Waals surface area (Å²) in [5.41, 5.74) is 2.34. The Balaban J connectivity index is 2.51. The Kier molecular flexibility index (Phi) is 2.61. The summed E-state index contributed by atoms with van der Waals surface area (Å²) < 4.78 is 0. The van der Waals surface area contributed by atoms with Crippen molar-refractivity contribution < 1.29 is 0 Å². The molecule has 4 heteroatoms. The number of para-hydroxylation sites is 2. The summed E-state index contributed by atoms with van der Waals surface area (Å²) in [4.78, 5) is 9.31. The van der Waals surface area contributed by atoms with Gasteiger partial charge < -0.3 is 9.88 Å². The van der Waals surface area contributed by atoms with Gasteiger partial charge in [0.25, 0.3) is 0 Å². The lowest BCUT2D eigenvalue weighted by Gasteiger charge is -2.04. The third-order valence-corrected chi connectivity index (χ3v) is 2.15. The average Bonchev–Trinajstić information content (AvgIpc) is 2.68. The smallest absolute Gasteiger partial charge is 0.150 e. The van der Waals surface area contributed by atoms with Crippen LogP contribution in [0.5, 0.6) is 0 Å². The second-order valence-corrected chi connectivity index (χ2v) is 3.72. The average molecular weight is 212 g/mol. The van der Waals surface area contributed by atoms with Crippen LogP contribution in [0.2, 0.25) is 0 Å². The van der Waals surface area contributed by atoms with Gasteiger partial charge in [-0.2, -0.15) is 5.26 Å². The number of rotatable bonds is 2. The fraction of sp³-hybridized carbons (Fsp3) is 0.167. The summed E-state index contributed by atoms with van der Waals surface area (Å²) in [5.74, 6) is 0.609. The van der Waals surface area contributed by atoms with E-state index < -0.39 is 0 Å². The lowest BCUT2D eigenvalue weighted by atomic mass is 10.3. The maximum atomic E-state index is 9.05. The number of H-pyrrole nitrogens is 1. The highest BCUT2D eigenvalue weighted by Crippen LogP contribution is 2.16. The zero-order chi connectivity index (χ0) is 11.5. The van der Waals surface area contributed by atoms with E-state index in [1.807, 2.05) is 43.3 Å². The minimum absolute atomic E-state index is 0.529. The van der Waals surface area contributed by atoms with Crippen molar-refractivity contribution in [2.75, 3.05) is 14.1 Å². The van der Waals surface area contributed by atoms with Gasteiger partial charge in [0.15, 0.2) is 5.82 Å². The number of imidazole rings is 1. The van der Waals surface area contributed by atoms with E-state index in [4.69, 9.17) is 5.26 Å². The zero-order valence-corrected chi connectivity index (χ0v) is 9.23. The van der Waals surface area contributed by atoms with Crippen LogP contribution in [-0.2, 0) is 0 Å². The minimum atomic E-state index is 0.529. The number of aromatic amines is 1. The van der Waals surface area contributed by atoms with Gasteiger partial charge in [-0.15, -0.1) is 0 Å². The number of aromatic nitrogens is 2. The molecule has 2 rings (SSSR count). The second kappa shape index (κ2) is 4.07. The van der Waals surface area contributed by atoms with Gasteiger partial charge in [0.2, 0.25) is 0 Å². The van der Waals surface area contributed by atoms with E-state index in [0.29, 0.717) is 11.4 Å². The molecule has 4 nitrogen and oxygen atoms in total. The predicted molar refractivity (Wildman–Crippen MR) is 63.4 cm³/mol. The molecule has 2 aromatic rings. The SMILES string of the molecule is CN(C)/C=C(\C#N)c1nc2ccccc2[nH]1. The van der Waals surface area contributed by atoms with Crippen LogP contribution < -0.4 is 0 Å². The van der Waals surface area contributed by atoms with Gasteiger partial charge in [-0.1, -0.05) is 12.1 Å². The van der Waals surface area contributed by atoms with E-state index in [-0.39, 0.29) is 0 Å². The fourth-order valence-corrected chi connectivity index (χ4v) is 1.48. The number of benzene rings is 1. The molecule has 1 N–H and O–H groups in total. The van der Waals surface area contributed by atoms with Crippen molar-refractivity contribution in [2.45, 2.75) is 0 Å². The molecular formula is C12H12N4. The highest BCUT2D eigenvalue weighted by atomic mass is 15.0. The third kappa shape index (κ3) is 1.89. The quantitative estimate of drug-likeness (QED) is 0.774. The van der Waals surface area contributed by atoms with E-state index >= 15 is 0 Å². The van der Waals surface area contributed by atoms with Crippen LogP contribution in [0.4, 0.5) is 0 Å². The first kappa shape index (κ1) is 10.2. The highest BCUT2D eigenvalue weighted by molar-refractivity contribution is 5.81. The molecule has 0 saturated carbocycles. The molecule has 0 amide bonds. The standard InChI is InChI=1S/C12H12N4/c1-16(2)8-9(7-13)12-14-10-5-3-4-6-11(10)15-12/h3-6,8H,1-2H3,(H,14,15)/b9-8+. The Morgan fingerprint density at radius 2 is 2.19 bits per heavy atom. The first-order valence-corrected chi connectivity index (χ1v) is 4.94. The number of hydrogen-bond donors (Lipinski definition) is 1. The lowest BCUT2D eigenvalue weighted by molar-refractivity contribution is 0.566. The molecule has 1 aromatic heterocycles. The van der Waals surface area contributed by atoms with Crippen molar-refractivity contribution in [3.05, 3.63) is 36.3 Å². The van der Waals surface area contributed by atoms with Crippen LogP contribution in [0.3, 0.4) is 0 Å². The molecule has 80 valence electrons. The van der Waals surface area contributed by atoms with Gasteiger partial charge in [-0.25, -0.2) is 4.98 Å². The fourth-order valence-electron chi connectivity index (χ4n) is 1.48. The predicted octanol–water partition coefficient (Wildman–Crippen LogP) is 1.99. The Hall–Kier alpha value is -2.28. The van der Waals surface area contributed by atoms with Gasteiger partial charge >= 0.3 is 0 Å². The van der Waals surface area contributed by atoms with Gasteiger partial charge in [-0.3, -0.25) is 0 Å². The molecule has 0 aliphatic rings. The summed E-state index contributed by atoms with van der Waals surface area (Å²) in [6.45, 7) is 0. The second-order valence-electron chi connectivity index (χ2n) is 3.72. The monoisotopic (exact) mass is 212 g/mol. The summed E-state index contributed by atoms with van der Waals surface area (Å²) in [5, 5.41) is 9.05. The topological polar surface area (TPSA) is 55.7 Å². The van der Waals surface area contributed by atoms with Gasteiger partial charge in [-0.05, 0) is 12.1 Å². The first-order valence-electron chi connectivity index (χ1n) is 4.94. The number of nitriles is 1. The molecule has 0 fully saturated rings. The van der Waals surface area contributed by atoms with Crippen LogP contribution in [0.25, 0.3) is 16.6 Å². The third-order valence-electron chi connectivity index (χ3n) is 2.15. The van der Waals surface area contributed by atoms with Gasteiger partial charge in [0.05, 0.1) is 11.0 Å². The van der Waals surface area contributed by atoms with Crippen LogP contribution in [0.1, 0.15) is 5.82 Å². The van der Waals surface area contributed by atoms with Crippen LogP contribution in [0, 0.1) is 11.3 Å². The molecule has 1 aromatic carbocycles. The molecular weight excluding hydrogens is 200 g/mol. The summed E-state index contributed by atoms with van der Waals surface area (Å²) >= 11 is 0. The molecule has 0 saturated heterocycles. The van der Waals surface area contributed by atoms with Crippen molar-refractivity contribution in [3.8, 4) is 6.07 Å². The van der Waals surface area contributed by atoms with Crippen molar-refractivity contribution in [1.82, 2.24) is 14.9 Å². The Labute approximate surface area is 93.8 Å². The maximum Gasteiger partial charge on any atom is 0.150 e. The highest BCUT2D eigenvalue weighted by Gasteiger charge is 2.07. The Morgan fingerprint density at radius 3 is 2.81 bits per heavy atom. The van der Waals surface area contributed by atoms with Crippen molar-refractivity contribution in [3.63, 3.8) is 0 Å². The van der Waals surface area contributed by atoms with Crippen LogP contribution in [0.15, 0.2) is 30.5 Å². The normalized spacial score (nSPS) is 11.4. The summed E-state index contributed by atoms with van der Waals surface area (Å²) in [6, 6.07) is 9.86. The number of hydrogen-bond acceptors (Lipinski definition) is 3. The van der Waals surface area contributed by atoms with Crippen molar-refractivity contribution >= 4 is 16.6 Å². The van der Waals surface area contributed by atoms with Crippen LogP contribution >= 0.6 is 0 Å². The van der Waals surface area contributed by atoms with E-state index in [0.717, 1.165) is 11.0 Å². The summed E-state index contributed by atoms with van der Waals surface area (Å²) in [7, 11) is 3.75. The molecule has 0 unspecified atom stereocenters. The number of nitrogens with one attached hydrogen (secondary N) is 1. The largest absolute Gasteiger partial charge is 0.382 e. The van der Waals surface area contributed by atoms with Crippen molar-refractivity contribution in [2.24, 2.45) is 0 Å². The number of allylic oxidation sites excluding steroid dienone is 1. The van der Waals surface area contributed by atoms with E-state index in [2.05, 4.69) is 16.0 Å². The van der Waals surface area contributed by atoms with E-state index in [9.17, 15) is 0 Å². The maximum absolute atomic E-state index is 9.05. The van der Waals surface area contributed by atoms with Gasteiger partial charge in [0, 0.05) is 20.3 Å². The van der Waals surface area contributed by atoms with E-state index in [1.165, 1.54) is 0 Å². The first-order chi connectivity index (χ1) is 7.70. The molecule has 16 heavy (non-hydrogen) atoms. The molecule has 1 heterocycles. The Bertz CT molecular complexity index is 539. The molecule has 0 spiro atoms.